The molecule has 0 fully saturated rings. The van der Waals surface area contributed by atoms with E-state index in [-0.39, 0.29) is 0 Å². The van der Waals surface area contributed by atoms with Gasteiger partial charge in [-0.2, -0.15) is 5.10 Å². The van der Waals surface area contributed by atoms with E-state index in [4.69, 9.17) is 16.3 Å². The summed E-state index contributed by atoms with van der Waals surface area (Å²) in [4.78, 5) is 8.63. The summed E-state index contributed by atoms with van der Waals surface area (Å²) in [5.41, 5.74) is 3.55. The van der Waals surface area contributed by atoms with E-state index in [9.17, 15) is 0 Å². The largest absolute Gasteiger partial charge is 0.438 e. The molecule has 0 radical (unpaired) electrons. The van der Waals surface area contributed by atoms with E-state index < -0.39 is 0 Å². The molecule has 0 aliphatic heterocycles. The molecule has 0 aliphatic rings. The molecule has 124 valence electrons. The van der Waals surface area contributed by atoms with Crippen LogP contribution in [0.25, 0.3) is 16.7 Å². The molecule has 0 bridgehead atoms. The number of halogens is 1. The van der Waals surface area contributed by atoms with Crippen molar-refractivity contribution in [1.82, 2.24) is 19.7 Å². The minimum atomic E-state index is 0.476. The van der Waals surface area contributed by atoms with Crippen molar-refractivity contribution >= 4 is 22.6 Å². The highest BCUT2D eigenvalue weighted by Gasteiger charge is 2.14. The SMILES string of the molecule is Cc1ccc(-n2ncc3c(Oc4ccccc4C)ncnc32)cc1Cl. The molecular formula is C19H15ClN4O. The van der Waals surface area contributed by atoms with Crippen LogP contribution in [0.5, 0.6) is 11.6 Å². The number of aromatic nitrogens is 4. The zero-order valence-electron chi connectivity index (χ0n) is 13.8. The highest BCUT2D eigenvalue weighted by Crippen LogP contribution is 2.30. The average molecular weight is 351 g/mol. The predicted molar refractivity (Wildman–Crippen MR) is 97.7 cm³/mol. The minimum Gasteiger partial charge on any atom is -0.438 e. The van der Waals surface area contributed by atoms with E-state index in [1.807, 2.05) is 56.3 Å². The van der Waals surface area contributed by atoms with Crippen LogP contribution in [0.1, 0.15) is 11.1 Å². The molecule has 6 heteroatoms. The number of ether oxygens (including phenoxy) is 1. The van der Waals surface area contributed by atoms with Gasteiger partial charge in [0.2, 0.25) is 5.88 Å². The first-order valence-electron chi connectivity index (χ1n) is 7.82. The monoisotopic (exact) mass is 350 g/mol. The van der Waals surface area contributed by atoms with Crippen LogP contribution < -0.4 is 4.74 Å². The Morgan fingerprint density at radius 3 is 2.64 bits per heavy atom. The van der Waals surface area contributed by atoms with Gasteiger partial charge in [-0.15, -0.1) is 0 Å². The molecule has 5 nitrogen and oxygen atoms in total. The van der Waals surface area contributed by atoms with Gasteiger partial charge in [0.15, 0.2) is 5.65 Å². The molecular weight excluding hydrogens is 336 g/mol. The summed E-state index contributed by atoms with van der Waals surface area (Å²) in [5.74, 6) is 1.23. The van der Waals surface area contributed by atoms with Crippen LogP contribution in [0.3, 0.4) is 0 Å². The van der Waals surface area contributed by atoms with Crippen LogP contribution in [0.2, 0.25) is 5.02 Å². The fourth-order valence-corrected chi connectivity index (χ4v) is 2.76. The molecule has 0 amide bonds. The van der Waals surface area contributed by atoms with Gasteiger partial charge in [-0.3, -0.25) is 0 Å². The van der Waals surface area contributed by atoms with E-state index in [0.717, 1.165) is 28.0 Å². The third-order valence-electron chi connectivity index (χ3n) is 4.03. The Hall–Kier alpha value is -2.92. The summed E-state index contributed by atoms with van der Waals surface area (Å²) in [5, 5.41) is 5.86. The van der Waals surface area contributed by atoms with Gasteiger partial charge < -0.3 is 4.74 Å². The van der Waals surface area contributed by atoms with Crippen molar-refractivity contribution < 1.29 is 4.74 Å². The van der Waals surface area contributed by atoms with Gasteiger partial charge in [-0.1, -0.05) is 35.9 Å². The van der Waals surface area contributed by atoms with Gasteiger partial charge in [0.05, 0.1) is 11.9 Å². The van der Waals surface area contributed by atoms with Gasteiger partial charge >= 0.3 is 0 Å². The predicted octanol–water partition coefficient (Wildman–Crippen LogP) is 4.88. The van der Waals surface area contributed by atoms with E-state index >= 15 is 0 Å². The Kier molecular flexibility index (Phi) is 3.86. The summed E-state index contributed by atoms with van der Waals surface area (Å²) in [7, 11) is 0. The Morgan fingerprint density at radius 2 is 1.84 bits per heavy atom. The number of benzene rings is 2. The number of para-hydroxylation sites is 1. The van der Waals surface area contributed by atoms with E-state index in [0.29, 0.717) is 16.5 Å². The molecule has 25 heavy (non-hydrogen) atoms. The fraction of sp³-hybridized carbons (Fsp3) is 0.105. The molecule has 0 unspecified atom stereocenters. The van der Waals surface area contributed by atoms with Crippen molar-refractivity contribution in [2.75, 3.05) is 0 Å². The number of aryl methyl sites for hydroxylation is 2. The molecule has 0 aliphatic carbocycles. The van der Waals surface area contributed by atoms with E-state index in [1.165, 1.54) is 6.33 Å². The van der Waals surface area contributed by atoms with Crippen molar-refractivity contribution in [3.05, 3.63) is 71.1 Å². The maximum absolute atomic E-state index is 6.24. The van der Waals surface area contributed by atoms with Gasteiger partial charge in [0, 0.05) is 5.02 Å². The van der Waals surface area contributed by atoms with Crippen LogP contribution >= 0.6 is 11.6 Å². The zero-order chi connectivity index (χ0) is 17.4. The lowest BCUT2D eigenvalue weighted by Gasteiger charge is -2.08. The van der Waals surface area contributed by atoms with Crippen molar-refractivity contribution in [2.24, 2.45) is 0 Å². The average Bonchev–Trinajstić information content (AvgIpc) is 3.04. The second-order valence-corrected chi connectivity index (χ2v) is 6.18. The van der Waals surface area contributed by atoms with Crippen LogP contribution in [0, 0.1) is 13.8 Å². The fourth-order valence-electron chi connectivity index (χ4n) is 2.58. The number of rotatable bonds is 3. The molecule has 0 N–H and O–H groups in total. The van der Waals surface area contributed by atoms with Gasteiger partial charge in [-0.05, 0) is 43.2 Å². The smallest absolute Gasteiger partial charge is 0.233 e. The lowest BCUT2D eigenvalue weighted by molar-refractivity contribution is 0.464. The van der Waals surface area contributed by atoms with Crippen LogP contribution in [0.15, 0.2) is 55.0 Å². The summed E-state index contributed by atoms with van der Waals surface area (Å²) in [6.07, 6.45) is 3.18. The first-order valence-corrected chi connectivity index (χ1v) is 8.20. The lowest BCUT2D eigenvalue weighted by Crippen LogP contribution is -1.99. The number of nitrogens with zero attached hydrogens (tertiary/aromatic N) is 4. The van der Waals surface area contributed by atoms with Crippen molar-refractivity contribution in [2.45, 2.75) is 13.8 Å². The molecule has 0 spiro atoms. The Morgan fingerprint density at radius 1 is 1.00 bits per heavy atom. The van der Waals surface area contributed by atoms with E-state index in [2.05, 4.69) is 15.1 Å². The molecule has 0 saturated carbocycles. The molecule has 0 saturated heterocycles. The molecule has 0 atom stereocenters. The number of hydrogen-bond donors (Lipinski definition) is 0. The first-order chi connectivity index (χ1) is 12.1. The standard InChI is InChI=1S/C19H15ClN4O/c1-12-7-8-14(9-16(12)20)24-18-15(10-23-24)19(22-11-21-18)25-17-6-4-3-5-13(17)2/h3-11H,1-2H3. The van der Waals surface area contributed by atoms with Crippen molar-refractivity contribution in [3.63, 3.8) is 0 Å². The third-order valence-corrected chi connectivity index (χ3v) is 4.44. The van der Waals surface area contributed by atoms with Crippen molar-refractivity contribution in [1.29, 1.82) is 0 Å². The van der Waals surface area contributed by atoms with Crippen molar-refractivity contribution in [3.8, 4) is 17.3 Å². The molecule has 2 aromatic carbocycles. The van der Waals surface area contributed by atoms with Gasteiger partial charge in [0.25, 0.3) is 0 Å². The second kappa shape index (κ2) is 6.18. The molecule has 2 aromatic heterocycles. The summed E-state index contributed by atoms with van der Waals surface area (Å²) in [6, 6.07) is 13.6. The lowest BCUT2D eigenvalue weighted by atomic mass is 10.2. The Bertz CT molecular complexity index is 1070. The molecule has 4 rings (SSSR count). The topological polar surface area (TPSA) is 52.8 Å². The number of fused-ring (bicyclic) bond motifs is 1. The normalized spacial score (nSPS) is 11.0. The highest BCUT2D eigenvalue weighted by atomic mass is 35.5. The Labute approximate surface area is 149 Å². The summed E-state index contributed by atoms with van der Waals surface area (Å²) in [6.45, 7) is 3.95. The van der Waals surface area contributed by atoms with Crippen LogP contribution in [0.4, 0.5) is 0 Å². The molecule has 2 heterocycles. The highest BCUT2D eigenvalue weighted by molar-refractivity contribution is 6.31. The Balaban J connectivity index is 1.80. The quantitative estimate of drug-likeness (QED) is 0.528. The maximum atomic E-state index is 6.24. The first kappa shape index (κ1) is 15.6. The summed E-state index contributed by atoms with van der Waals surface area (Å²) >= 11 is 6.24. The third kappa shape index (κ3) is 2.83. The molecule has 4 aromatic rings. The minimum absolute atomic E-state index is 0.476. The van der Waals surface area contributed by atoms with E-state index in [1.54, 1.807) is 10.9 Å². The van der Waals surface area contributed by atoms with Gasteiger partial charge in [0.1, 0.15) is 17.5 Å². The van der Waals surface area contributed by atoms with Gasteiger partial charge in [-0.25, -0.2) is 14.6 Å². The second-order valence-electron chi connectivity index (χ2n) is 5.77. The van der Waals surface area contributed by atoms with Crippen LogP contribution in [-0.4, -0.2) is 19.7 Å². The van der Waals surface area contributed by atoms with Crippen LogP contribution in [-0.2, 0) is 0 Å². The number of hydrogen-bond acceptors (Lipinski definition) is 4. The zero-order valence-corrected chi connectivity index (χ0v) is 14.5. The maximum Gasteiger partial charge on any atom is 0.233 e. The summed E-state index contributed by atoms with van der Waals surface area (Å²) < 4.78 is 7.71.